The van der Waals surface area contributed by atoms with Crippen LogP contribution in [0.4, 0.5) is 5.82 Å². The number of fused-ring (bicyclic) bond motifs is 1. The van der Waals surface area contributed by atoms with Crippen LogP contribution in [0.15, 0.2) is 30.5 Å². The molecular weight excluding hydrogens is 272 g/mol. The SMILES string of the molecule is Oc1ccc2ccnc(NC3CCCCCC3Cl)c2c1. The van der Waals surface area contributed by atoms with Crippen LogP contribution >= 0.6 is 11.6 Å². The Labute approximate surface area is 124 Å². The smallest absolute Gasteiger partial charge is 0.134 e. The number of rotatable bonds is 2. The van der Waals surface area contributed by atoms with Crippen molar-refractivity contribution in [3.63, 3.8) is 0 Å². The van der Waals surface area contributed by atoms with E-state index in [-0.39, 0.29) is 17.2 Å². The average molecular weight is 291 g/mol. The number of anilines is 1. The molecule has 106 valence electrons. The minimum absolute atomic E-state index is 0.145. The number of aromatic hydroxyl groups is 1. The number of phenolic OH excluding ortho intramolecular Hbond substituents is 1. The first kappa shape index (κ1) is 13.5. The van der Waals surface area contributed by atoms with Crippen molar-refractivity contribution in [2.24, 2.45) is 0 Å². The molecule has 1 aliphatic carbocycles. The highest BCUT2D eigenvalue weighted by Crippen LogP contribution is 2.29. The third-order valence-corrected chi connectivity index (χ3v) is 4.53. The number of aromatic nitrogens is 1. The van der Waals surface area contributed by atoms with Gasteiger partial charge in [0.25, 0.3) is 0 Å². The van der Waals surface area contributed by atoms with Crippen LogP contribution < -0.4 is 5.32 Å². The summed E-state index contributed by atoms with van der Waals surface area (Å²) in [4.78, 5) is 4.43. The molecule has 0 radical (unpaired) electrons. The molecule has 0 amide bonds. The third kappa shape index (κ3) is 2.83. The van der Waals surface area contributed by atoms with E-state index in [0.29, 0.717) is 0 Å². The molecule has 4 heteroatoms. The van der Waals surface area contributed by atoms with E-state index >= 15 is 0 Å². The van der Waals surface area contributed by atoms with Gasteiger partial charge in [0.1, 0.15) is 11.6 Å². The predicted octanol–water partition coefficient (Wildman–Crippen LogP) is 4.29. The number of hydrogen-bond donors (Lipinski definition) is 2. The van der Waals surface area contributed by atoms with Gasteiger partial charge in [-0.1, -0.05) is 25.3 Å². The second-order valence-corrected chi connectivity index (χ2v) is 6.03. The summed E-state index contributed by atoms with van der Waals surface area (Å²) in [6.07, 6.45) is 7.58. The van der Waals surface area contributed by atoms with Crippen molar-refractivity contribution in [1.29, 1.82) is 0 Å². The van der Waals surface area contributed by atoms with Gasteiger partial charge in [-0.05, 0) is 36.4 Å². The number of nitrogens with zero attached hydrogens (tertiary/aromatic N) is 1. The molecule has 3 nitrogen and oxygen atoms in total. The van der Waals surface area contributed by atoms with E-state index in [4.69, 9.17) is 11.6 Å². The summed E-state index contributed by atoms with van der Waals surface area (Å²) in [5.41, 5.74) is 0. The number of hydrogen-bond acceptors (Lipinski definition) is 3. The van der Waals surface area contributed by atoms with Crippen molar-refractivity contribution in [1.82, 2.24) is 4.98 Å². The molecule has 1 aromatic carbocycles. The van der Waals surface area contributed by atoms with Crippen molar-refractivity contribution in [3.8, 4) is 5.75 Å². The minimum atomic E-state index is 0.145. The molecule has 3 rings (SSSR count). The highest BCUT2D eigenvalue weighted by molar-refractivity contribution is 6.21. The average Bonchev–Trinajstić information content (AvgIpc) is 2.65. The highest BCUT2D eigenvalue weighted by Gasteiger charge is 2.22. The minimum Gasteiger partial charge on any atom is -0.508 e. The largest absolute Gasteiger partial charge is 0.508 e. The van der Waals surface area contributed by atoms with Crippen LogP contribution in [0, 0.1) is 0 Å². The van der Waals surface area contributed by atoms with Crippen LogP contribution in [0.3, 0.4) is 0 Å². The molecule has 1 heterocycles. The van der Waals surface area contributed by atoms with E-state index in [1.165, 1.54) is 19.3 Å². The van der Waals surface area contributed by atoms with Crippen molar-refractivity contribution >= 4 is 28.2 Å². The van der Waals surface area contributed by atoms with Gasteiger partial charge in [-0.3, -0.25) is 0 Å². The molecule has 2 aromatic rings. The van der Waals surface area contributed by atoms with Gasteiger partial charge < -0.3 is 10.4 Å². The summed E-state index contributed by atoms with van der Waals surface area (Å²) >= 11 is 6.48. The fourth-order valence-corrected chi connectivity index (χ4v) is 3.22. The second kappa shape index (κ2) is 5.88. The maximum atomic E-state index is 9.68. The monoisotopic (exact) mass is 290 g/mol. The number of pyridine rings is 1. The van der Waals surface area contributed by atoms with Crippen LogP contribution in [0.2, 0.25) is 0 Å². The van der Waals surface area contributed by atoms with E-state index in [1.807, 2.05) is 12.1 Å². The predicted molar refractivity (Wildman–Crippen MR) is 83.5 cm³/mol. The Morgan fingerprint density at radius 1 is 1.15 bits per heavy atom. The lowest BCUT2D eigenvalue weighted by atomic mass is 10.1. The van der Waals surface area contributed by atoms with Gasteiger partial charge in [0.05, 0.1) is 5.38 Å². The zero-order valence-corrected chi connectivity index (χ0v) is 12.1. The molecule has 2 atom stereocenters. The molecule has 0 saturated heterocycles. The summed E-state index contributed by atoms with van der Waals surface area (Å²) in [5, 5.41) is 15.3. The van der Waals surface area contributed by atoms with E-state index in [9.17, 15) is 5.11 Å². The first-order valence-corrected chi connectivity index (χ1v) is 7.66. The standard InChI is InChI=1S/C16H19ClN2O/c17-14-4-2-1-3-5-15(14)19-16-13-10-12(20)7-6-11(13)8-9-18-16/h6-10,14-15,20H,1-5H2,(H,18,19). The number of alkyl halides is 1. The van der Waals surface area contributed by atoms with E-state index in [2.05, 4.69) is 10.3 Å². The van der Waals surface area contributed by atoms with Gasteiger partial charge in [0.2, 0.25) is 0 Å². The Bertz CT molecular complexity index is 602. The maximum Gasteiger partial charge on any atom is 0.134 e. The summed E-state index contributed by atoms with van der Waals surface area (Å²) in [6.45, 7) is 0. The fourth-order valence-electron chi connectivity index (χ4n) is 2.87. The van der Waals surface area contributed by atoms with Crippen LogP contribution in [0.5, 0.6) is 5.75 Å². The van der Waals surface area contributed by atoms with Crippen LogP contribution in [-0.2, 0) is 0 Å². The van der Waals surface area contributed by atoms with Crippen molar-refractivity contribution in [2.45, 2.75) is 43.5 Å². The number of phenols is 1. The lowest BCUT2D eigenvalue weighted by Crippen LogP contribution is -2.29. The number of benzene rings is 1. The molecule has 20 heavy (non-hydrogen) atoms. The molecule has 0 spiro atoms. The number of halogens is 1. The maximum absolute atomic E-state index is 9.68. The summed E-state index contributed by atoms with van der Waals surface area (Å²) in [6, 6.07) is 7.56. The molecular formula is C16H19ClN2O. The zero-order valence-electron chi connectivity index (χ0n) is 11.3. The van der Waals surface area contributed by atoms with Crippen LogP contribution in [0.1, 0.15) is 32.1 Å². The fraction of sp³-hybridized carbons (Fsp3) is 0.438. The van der Waals surface area contributed by atoms with Gasteiger partial charge in [0.15, 0.2) is 0 Å². The third-order valence-electron chi connectivity index (χ3n) is 4.00. The Morgan fingerprint density at radius 2 is 2.00 bits per heavy atom. The van der Waals surface area contributed by atoms with Crippen molar-refractivity contribution in [2.75, 3.05) is 5.32 Å². The molecule has 2 unspecified atom stereocenters. The van der Waals surface area contributed by atoms with Gasteiger partial charge in [-0.15, -0.1) is 11.6 Å². The quantitative estimate of drug-likeness (QED) is 0.640. The van der Waals surface area contributed by atoms with E-state index in [0.717, 1.165) is 29.4 Å². The Kier molecular flexibility index (Phi) is 3.97. The van der Waals surface area contributed by atoms with Crippen LogP contribution in [0.25, 0.3) is 10.8 Å². The van der Waals surface area contributed by atoms with Gasteiger partial charge in [0, 0.05) is 17.6 Å². The molecule has 1 aromatic heterocycles. The molecule has 2 N–H and O–H groups in total. The lowest BCUT2D eigenvalue weighted by Gasteiger charge is -2.22. The Hall–Kier alpha value is -1.48. The normalized spacial score (nSPS) is 23.4. The van der Waals surface area contributed by atoms with Crippen molar-refractivity contribution < 1.29 is 5.11 Å². The Balaban J connectivity index is 1.91. The Morgan fingerprint density at radius 3 is 2.90 bits per heavy atom. The molecule has 0 aliphatic heterocycles. The van der Waals surface area contributed by atoms with Gasteiger partial charge in [-0.25, -0.2) is 4.98 Å². The summed E-state index contributed by atoms with van der Waals surface area (Å²) < 4.78 is 0. The molecule has 0 bridgehead atoms. The first-order chi connectivity index (χ1) is 9.74. The van der Waals surface area contributed by atoms with Crippen molar-refractivity contribution in [3.05, 3.63) is 30.5 Å². The second-order valence-electron chi connectivity index (χ2n) is 5.47. The topological polar surface area (TPSA) is 45.2 Å². The van der Waals surface area contributed by atoms with Crippen LogP contribution in [-0.4, -0.2) is 21.5 Å². The highest BCUT2D eigenvalue weighted by atomic mass is 35.5. The zero-order chi connectivity index (χ0) is 13.9. The number of nitrogens with one attached hydrogen (secondary N) is 1. The summed E-state index contributed by atoms with van der Waals surface area (Å²) in [5.74, 6) is 1.08. The summed E-state index contributed by atoms with van der Waals surface area (Å²) in [7, 11) is 0. The molecule has 1 fully saturated rings. The van der Waals surface area contributed by atoms with E-state index < -0.39 is 0 Å². The lowest BCUT2D eigenvalue weighted by molar-refractivity contribution is 0.476. The molecule has 1 aliphatic rings. The van der Waals surface area contributed by atoms with E-state index in [1.54, 1.807) is 18.3 Å². The first-order valence-electron chi connectivity index (χ1n) is 7.22. The molecule has 1 saturated carbocycles. The van der Waals surface area contributed by atoms with Gasteiger partial charge in [-0.2, -0.15) is 0 Å². The van der Waals surface area contributed by atoms with Gasteiger partial charge >= 0.3 is 0 Å².